The SMILES string of the molecule is CCOc1ccccc1Nc1nccc(C(=O)N2CCCC2)n1. The number of carbonyl (C=O) groups excluding carboxylic acids is 1. The highest BCUT2D eigenvalue weighted by atomic mass is 16.5. The number of hydrogen-bond acceptors (Lipinski definition) is 5. The lowest BCUT2D eigenvalue weighted by Crippen LogP contribution is -2.28. The van der Waals surface area contributed by atoms with Gasteiger partial charge in [-0.15, -0.1) is 0 Å². The highest BCUT2D eigenvalue weighted by Gasteiger charge is 2.21. The number of para-hydroxylation sites is 2. The standard InChI is InChI=1S/C17H20N4O2/c1-2-23-15-8-4-3-7-13(15)19-17-18-10-9-14(20-17)16(22)21-11-5-6-12-21/h3-4,7-10H,2,5-6,11-12H2,1H3,(H,18,19,20). The van der Waals surface area contributed by atoms with Crippen molar-refractivity contribution < 1.29 is 9.53 Å². The molecular formula is C17H20N4O2. The van der Waals surface area contributed by atoms with Gasteiger partial charge in [-0.2, -0.15) is 0 Å². The van der Waals surface area contributed by atoms with Gasteiger partial charge in [0.05, 0.1) is 12.3 Å². The van der Waals surface area contributed by atoms with Crippen molar-refractivity contribution in [3.63, 3.8) is 0 Å². The van der Waals surface area contributed by atoms with Crippen LogP contribution < -0.4 is 10.1 Å². The van der Waals surface area contributed by atoms with Gasteiger partial charge < -0.3 is 15.0 Å². The second-order valence-electron chi connectivity index (χ2n) is 5.32. The molecule has 0 bridgehead atoms. The maximum absolute atomic E-state index is 12.4. The van der Waals surface area contributed by atoms with E-state index in [1.54, 1.807) is 12.3 Å². The Bertz CT molecular complexity index is 684. The highest BCUT2D eigenvalue weighted by Crippen LogP contribution is 2.26. The Morgan fingerprint density at radius 1 is 1.26 bits per heavy atom. The van der Waals surface area contributed by atoms with Gasteiger partial charge in [0.1, 0.15) is 11.4 Å². The maximum atomic E-state index is 12.4. The number of anilines is 2. The average Bonchev–Trinajstić information content (AvgIpc) is 3.11. The number of aromatic nitrogens is 2. The van der Waals surface area contributed by atoms with Crippen LogP contribution in [-0.2, 0) is 0 Å². The first-order valence-electron chi connectivity index (χ1n) is 7.89. The highest BCUT2D eigenvalue weighted by molar-refractivity contribution is 5.92. The number of nitrogens with one attached hydrogen (secondary N) is 1. The lowest BCUT2D eigenvalue weighted by Gasteiger charge is -2.15. The smallest absolute Gasteiger partial charge is 0.272 e. The molecule has 1 aromatic heterocycles. The molecule has 23 heavy (non-hydrogen) atoms. The summed E-state index contributed by atoms with van der Waals surface area (Å²) >= 11 is 0. The van der Waals surface area contributed by atoms with Crippen molar-refractivity contribution >= 4 is 17.5 Å². The zero-order valence-electron chi connectivity index (χ0n) is 13.2. The van der Waals surface area contributed by atoms with Crippen LogP contribution in [0.2, 0.25) is 0 Å². The quantitative estimate of drug-likeness (QED) is 0.919. The number of hydrogen-bond donors (Lipinski definition) is 1. The lowest BCUT2D eigenvalue weighted by molar-refractivity contribution is 0.0787. The third-order valence-electron chi connectivity index (χ3n) is 3.70. The topological polar surface area (TPSA) is 67.3 Å². The van der Waals surface area contributed by atoms with Gasteiger partial charge in [-0.3, -0.25) is 4.79 Å². The molecule has 0 saturated carbocycles. The number of likely N-dealkylation sites (tertiary alicyclic amines) is 1. The summed E-state index contributed by atoms with van der Waals surface area (Å²) in [6.45, 7) is 4.12. The van der Waals surface area contributed by atoms with Crippen LogP contribution in [0.3, 0.4) is 0 Å². The maximum Gasteiger partial charge on any atom is 0.272 e. The summed E-state index contributed by atoms with van der Waals surface area (Å²) in [5.41, 5.74) is 1.19. The lowest BCUT2D eigenvalue weighted by atomic mass is 10.3. The molecule has 6 heteroatoms. The number of amides is 1. The minimum atomic E-state index is -0.0361. The van der Waals surface area contributed by atoms with Gasteiger partial charge in [0.15, 0.2) is 0 Å². The predicted octanol–water partition coefficient (Wildman–Crippen LogP) is 2.85. The molecule has 1 amide bonds. The molecule has 1 N–H and O–H groups in total. The van der Waals surface area contributed by atoms with Crippen LogP contribution in [0.15, 0.2) is 36.5 Å². The van der Waals surface area contributed by atoms with Crippen LogP contribution >= 0.6 is 0 Å². The van der Waals surface area contributed by atoms with Gasteiger partial charge in [0, 0.05) is 19.3 Å². The van der Waals surface area contributed by atoms with Crippen LogP contribution in [-0.4, -0.2) is 40.5 Å². The van der Waals surface area contributed by atoms with Crippen molar-refractivity contribution in [2.24, 2.45) is 0 Å². The number of benzene rings is 1. The monoisotopic (exact) mass is 312 g/mol. The molecular weight excluding hydrogens is 292 g/mol. The Hall–Kier alpha value is -2.63. The van der Waals surface area contributed by atoms with Crippen LogP contribution in [0, 0.1) is 0 Å². The number of nitrogens with zero attached hydrogens (tertiary/aromatic N) is 3. The summed E-state index contributed by atoms with van der Waals surface area (Å²) in [7, 11) is 0. The molecule has 1 saturated heterocycles. The van der Waals surface area contributed by atoms with Crippen LogP contribution in [0.25, 0.3) is 0 Å². The van der Waals surface area contributed by atoms with E-state index < -0.39 is 0 Å². The predicted molar refractivity (Wildman–Crippen MR) is 88.1 cm³/mol. The van der Waals surface area contributed by atoms with Crippen LogP contribution in [0.5, 0.6) is 5.75 Å². The van der Waals surface area contributed by atoms with E-state index in [0.29, 0.717) is 18.2 Å². The Kier molecular flexibility index (Phi) is 4.71. The van der Waals surface area contributed by atoms with Crippen molar-refractivity contribution in [3.05, 3.63) is 42.2 Å². The normalized spacial score (nSPS) is 13.9. The minimum absolute atomic E-state index is 0.0361. The molecule has 2 aromatic rings. The fourth-order valence-corrected chi connectivity index (χ4v) is 2.59. The van der Waals surface area contributed by atoms with E-state index in [2.05, 4.69) is 15.3 Å². The Morgan fingerprint density at radius 3 is 2.83 bits per heavy atom. The fraction of sp³-hybridized carbons (Fsp3) is 0.353. The zero-order chi connectivity index (χ0) is 16.1. The van der Waals surface area contributed by atoms with Crippen LogP contribution in [0.1, 0.15) is 30.3 Å². The van der Waals surface area contributed by atoms with Gasteiger partial charge in [0.25, 0.3) is 5.91 Å². The van der Waals surface area contributed by atoms with Crippen molar-refractivity contribution in [1.82, 2.24) is 14.9 Å². The van der Waals surface area contributed by atoms with Crippen molar-refractivity contribution in [2.45, 2.75) is 19.8 Å². The van der Waals surface area contributed by atoms with Crippen LogP contribution in [0.4, 0.5) is 11.6 Å². The fourth-order valence-electron chi connectivity index (χ4n) is 2.59. The Labute approximate surface area is 135 Å². The second-order valence-corrected chi connectivity index (χ2v) is 5.32. The third kappa shape index (κ3) is 3.59. The number of carbonyl (C=O) groups is 1. The molecule has 3 rings (SSSR count). The third-order valence-corrected chi connectivity index (χ3v) is 3.70. The summed E-state index contributed by atoms with van der Waals surface area (Å²) in [6, 6.07) is 9.24. The molecule has 0 radical (unpaired) electrons. The van der Waals surface area contributed by atoms with E-state index in [9.17, 15) is 4.79 Å². The number of ether oxygens (including phenoxy) is 1. The molecule has 120 valence electrons. The summed E-state index contributed by atoms with van der Waals surface area (Å²) < 4.78 is 5.57. The van der Waals surface area contributed by atoms with Gasteiger partial charge in [0.2, 0.25) is 5.95 Å². The Balaban J connectivity index is 1.79. The van der Waals surface area contributed by atoms with E-state index in [1.165, 1.54) is 0 Å². The first-order valence-corrected chi connectivity index (χ1v) is 7.89. The van der Waals surface area contributed by atoms with Crippen molar-refractivity contribution in [1.29, 1.82) is 0 Å². The van der Waals surface area contributed by atoms with E-state index in [1.807, 2.05) is 36.1 Å². The largest absolute Gasteiger partial charge is 0.492 e. The van der Waals surface area contributed by atoms with E-state index in [-0.39, 0.29) is 5.91 Å². The minimum Gasteiger partial charge on any atom is -0.492 e. The Morgan fingerprint density at radius 2 is 2.04 bits per heavy atom. The van der Waals surface area contributed by atoms with E-state index in [0.717, 1.165) is 37.4 Å². The van der Waals surface area contributed by atoms with Gasteiger partial charge in [-0.05, 0) is 38.0 Å². The second kappa shape index (κ2) is 7.09. The molecule has 2 heterocycles. The molecule has 1 fully saturated rings. The first kappa shape index (κ1) is 15.3. The molecule has 0 atom stereocenters. The van der Waals surface area contributed by atoms with Gasteiger partial charge >= 0.3 is 0 Å². The van der Waals surface area contributed by atoms with Crippen molar-refractivity contribution in [2.75, 3.05) is 25.0 Å². The molecule has 1 aliphatic rings. The van der Waals surface area contributed by atoms with Crippen molar-refractivity contribution in [3.8, 4) is 5.75 Å². The van der Waals surface area contributed by atoms with E-state index >= 15 is 0 Å². The average molecular weight is 312 g/mol. The molecule has 0 spiro atoms. The first-order chi connectivity index (χ1) is 11.3. The number of rotatable bonds is 5. The van der Waals surface area contributed by atoms with Gasteiger partial charge in [-0.1, -0.05) is 12.1 Å². The summed E-state index contributed by atoms with van der Waals surface area (Å²) in [6.07, 6.45) is 3.72. The van der Waals surface area contributed by atoms with E-state index in [4.69, 9.17) is 4.74 Å². The molecule has 0 unspecified atom stereocenters. The summed E-state index contributed by atoms with van der Waals surface area (Å²) in [5, 5.41) is 3.13. The molecule has 1 aromatic carbocycles. The molecule has 6 nitrogen and oxygen atoms in total. The molecule has 0 aliphatic carbocycles. The summed E-state index contributed by atoms with van der Waals surface area (Å²) in [5.74, 6) is 1.09. The molecule has 1 aliphatic heterocycles. The van der Waals surface area contributed by atoms with Gasteiger partial charge in [-0.25, -0.2) is 9.97 Å². The summed E-state index contributed by atoms with van der Waals surface area (Å²) in [4.78, 5) is 22.8. The zero-order valence-corrected chi connectivity index (χ0v) is 13.2.